The monoisotopic (exact) mass is 345 g/mol. The molecule has 1 aromatic rings. The minimum atomic E-state index is -2.91. The fourth-order valence-corrected chi connectivity index (χ4v) is 1.83. The Morgan fingerprint density at radius 3 is 2.21 bits per heavy atom. The molecule has 1 atom stereocenters. The van der Waals surface area contributed by atoms with E-state index in [1.165, 1.54) is 31.4 Å². The van der Waals surface area contributed by atoms with Crippen molar-refractivity contribution in [1.29, 1.82) is 0 Å². The molecule has 0 aromatic heterocycles. The zero-order chi connectivity index (χ0) is 18.3. The Kier molecular flexibility index (Phi) is 6.94. The van der Waals surface area contributed by atoms with E-state index in [-0.39, 0.29) is 12.2 Å². The third kappa shape index (κ3) is 7.26. The van der Waals surface area contributed by atoms with E-state index in [2.05, 4.69) is 14.8 Å². The minimum absolute atomic E-state index is 0.00321. The van der Waals surface area contributed by atoms with Crippen LogP contribution in [0.3, 0.4) is 0 Å². The molecule has 0 fully saturated rings. The van der Waals surface area contributed by atoms with Crippen molar-refractivity contribution in [3.05, 3.63) is 29.8 Å². The molecular formula is C16H21F2NO5. The molecule has 24 heavy (non-hydrogen) atoms. The number of alkyl halides is 2. The van der Waals surface area contributed by atoms with Gasteiger partial charge in [-0.3, -0.25) is 0 Å². The third-order valence-corrected chi connectivity index (χ3v) is 2.77. The van der Waals surface area contributed by atoms with E-state index >= 15 is 0 Å². The van der Waals surface area contributed by atoms with Gasteiger partial charge < -0.3 is 19.5 Å². The molecule has 0 saturated carbocycles. The fourth-order valence-electron chi connectivity index (χ4n) is 1.83. The largest absolute Gasteiger partial charge is 0.467 e. The van der Waals surface area contributed by atoms with Crippen LogP contribution in [0.15, 0.2) is 24.3 Å². The predicted molar refractivity (Wildman–Crippen MR) is 82.0 cm³/mol. The smallest absolute Gasteiger partial charge is 0.408 e. The van der Waals surface area contributed by atoms with Crippen LogP contribution >= 0.6 is 0 Å². The number of carbonyl (C=O) groups is 2. The molecule has 6 nitrogen and oxygen atoms in total. The molecule has 0 saturated heterocycles. The molecule has 0 radical (unpaired) electrons. The Hall–Kier alpha value is -2.38. The van der Waals surface area contributed by atoms with E-state index in [1.807, 2.05) is 0 Å². The first-order valence-electron chi connectivity index (χ1n) is 7.22. The van der Waals surface area contributed by atoms with Crippen LogP contribution in [0.5, 0.6) is 5.75 Å². The van der Waals surface area contributed by atoms with Crippen LogP contribution < -0.4 is 10.1 Å². The number of methoxy groups -OCH3 is 1. The molecule has 0 aliphatic carbocycles. The molecule has 134 valence electrons. The number of esters is 1. The van der Waals surface area contributed by atoms with Crippen molar-refractivity contribution in [2.45, 2.75) is 45.4 Å². The molecule has 0 bridgehead atoms. The first kappa shape index (κ1) is 19.7. The molecule has 0 aliphatic heterocycles. The average Bonchev–Trinajstić information content (AvgIpc) is 2.45. The number of rotatable bonds is 6. The number of alkyl carbamates (subject to hydrolysis) is 1. The summed E-state index contributed by atoms with van der Waals surface area (Å²) in [5.41, 5.74) is -0.0815. The van der Waals surface area contributed by atoms with Gasteiger partial charge in [0.05, 0.1) is 7.11 Å². The van der Waals surface area contributed by atoms with E-state index < -0.39 is 30.3 Å². The van der Waals surface area contributed by atoms with Gasteiger partial charge in [-0.05, 0) is 38.5 Å². The number of ether oxygens (including phenoxy) is 3. The summed E-state index contributed by atoms with van der Waals surface area (Å²) in [6.07, 6.45) is -0.642. The molecule has 8 heteroatoms. The Morgan fingerprint density at radius 1 is 1.17 bits per heavy atom. The number of benzene rings is 1. The number of halogens is 2. The lowest BCUT2D eigenvalue weighted by Crippen LogP contribution is -2.45. The van der Waals surface area contributed by atoms with Crippen LogP contribution in [0.4, 0.5) is 13.6 Å². The summed E-state index contributed by atoms with van der Waals surface area (Å²) < 4.78 is 38.2. The van der Waals surface area contributed by atoms with Gasteiger partial charge in [0.2, 0.25) is 0 Å². The Morgan fingerprint density at radius 2 is 1.75 bits per heavy atom. The van der Waals surface area contributed by atoms with Crippen molar-refractivity contribution in [1.82, 2.24) is 5.32 Å². The first-order valence-corrected chi connectivity index (χ1v) is 7.22. The van der Waals surface area contributed by atoms with Gasteiger partial charge in [-0.1, -0.05) is 12.1 Å². The summed E-state index contributed by atoms with van der Waals surface area (Å²) in [7, 11) is 1.20. The molecular weight excluding hydrogens is 324 g/mol. The molecule has 0 aliphatic rings. The van der Waals surface area contributed by atoms with Crippen LogP contribution in [-0.4, -0.2) is 37.4 Å². The number of nitrogens with one attached hydrogen (secondary N) is 1. The van der Waals surface area contributed by atoms with Gasteiger partial charge in [0, 0.05) is 6.42 Å². The second-order valence-corrected chi connectivity index (χ2v) is 5.95. The molecule has 1 aromatic carbocycles. The third-order valence-electron chi connectivity index (χ3n) is 2.77. The van der Waals surface area contributed by atoms with Crippen molar-refractivity contribution in [2.75, 3.05) is 7.11 Å². The van der Waals surface area contributed by atoms with E-state index in [9.17, 15) is 18.4 Å². The van der Waals surface area contributed by atoms with E-state index in [4.69, 9.17) is 4.74 Å². The highest BCUT2D eigenvalue weighted by atomic mass is 19.3. The first-order chi connectivity index (χ1) is 11.1. The van der Waals surface area contributed by atoms with Crippen molar-refractivity contribution in [2.24, 2.45) is 0 Å². The second-order valence-electron chi connectivity index (χ2n) is 5.95. The fraction of sp³-hybridized carbons (Fsp3) is 0.500. The highest BCUT2D eigenvalue weighted by Gasteiger charge is 2.25. The van der Waals surface area contributed by atoms with Gasteiger partial charge in [0.15, 0.2) is 0 Å². The maximum atomic E-state index is 12.1. The summed E-state index contributed by atoms with van der Waals surface area (Å²) in [5.74, 6) is -0.641. The van der Waals surface area contributed by atoms with Crippen molar-refractivity contribution >= 4 is 12.1 Å². The number of hydrogen-bond acceptors (Lipinski definition) is 5. The summed E-state index contributed by atoms with van der Waals surface area (Å²) in [6, 6.07) is 4.77. The van der Waals surface area contributed by atoms with Crippen molar-refractivity contribution < 1.29 is 32.6 Å². The Labute approximate surface area is 139 Å². The van der Waals surface area contributed by atoms with Crippen LogP contribution in [0.1, 0.15) is 26.3 Å². The average molecular weight is 345 g/mol. The standard InChI is InChI=1S/C16H21F2NO5/c1-16(2,3)24-15(21)19-12(13(20)22-4)9-10-5-7-11(8-6-10)23-14(17)18/h5-8,12,14H,9H2,1-4H3,(H,19,21)/t12-/m0/s1. The highest BCUT2D eigenvalue weighted by Crippen LogP contribution is 2.16. The summed E-state index contributed by atoms with van der Waals surface area (Å²) >= 11 is 0. The Balaban J connectivity index is 2.75. The topological polar surface area (TPSA) is 73.9 Å². The zero-order valence-electron chi connectivity index (χ0n) is 14.0. The summed E-state index contributed by atoms with van der Waals surface area (Å²) in [4.78, 5) is 23.6. The van der Waals surface area contributed by atoms with Gasteiger partial charge in [0.25, 0.3) is 0 Å². The molecule has 1 rings (SSSR count). The molecule has 0 unspecified atom stereocenters. The predicted octanol–water partition coefficient (Wildman–Crippen LogP) is 2.90. The minimum Gasteiger partial charge on any atom is -0.467 e. The number of carbonyl (C=O) groups excluding carboxylic acids is 2. The molecule has 0 spiro atoms. The number of hydrogen-bond donors (Lipinski definition) is 1. The maximum absolute atomic E-state index is 12.1. The molecule has 1 amide bonds. The molecule has 1 N–H and O–H groups in total. The lowest BCUT2D eigenvalue weighted by molar-refractivity contribution is -0.143. The SMILES string of the molecule is COC(=O)[C@H](Cc1ccc(OC(F)F)cc1)NC(=O)OC(C)(C)C. The normalized spacial score (nSPS) is 12.5. The lowest BCUT2D eigenvalue weighted by atomic mass is 10.1. The summed E-state index contributed by atoms with van der Waals surface area (Å²) in [5, 5.41) is 2.43. The van der Waals surface area contributed by atoms with Crippen LogP contribution in [-0.2, 0) is 20.7 Å². The van der Waals surface area contributed by atoms with Crippen LogP contribution in [0.25, 0.3) is 0 Å². The van der Waals surface area contributed by atoms with Gasteiger partial charge in [-0.15, -0.1) is 0 Å². The summed E-state index contributed by atoms with van der Waals surface area (Å²) in [6.45, 7) is 2.18. The van der Waals surface area contributed by atoms with Gasteiger partial charge in [-0.2, -0.15) is 8.78 Å². The maximum Gasteiger partial charge on any atom is 0.408 e. The second kappa shape index (κ2) is 8.47. The van der Waals surface area contributed by atoms with Crippen molar-refractivity contribution in [3.8, 4) is 5.75 Å². The lowest BCUT2D eigenvalue weighted by Gasteiger charge is -2.22. The van der Waals surface area contributed by atoms with E-state index in [0.717, 1.165) is 0 Å². The Bertz CT molecular complexity index is 555. The van der Waals surface area contributed by atoms with E-state index in [1.54, 1.807) is 20.8 Å². The van der Waals surface area contributed by atoms with Gasteiger partial charge in [0.1, 0.15) is 17.4 Å². The van der Waals surface area contributed by atoms with Crippen LogP contribution in [0, 0.1) is 0 Å². The highest BCUT2D eigenvalue weighted by molar-refractivity contribution is 5.81. The zero-order valence-corrected chi connectivity index (χ0v) is 14.0. The van der Waals surface area contributed by atoms with E-state index in [0.29, 0.717) is 5.56 Å². The molecule has 0 heterocycles. The van der Waals surface area contributed by atoms with Gasteiger partial charge >= 0.3 is 18.7 Å². The van der Waals surface area contributed by atoms with Crippen molar-refractivity contribution in [3.63, 3.8) is 0 Å². The van der Waals surface area contributed by atoms with Gasteiger partial charge in [-0.25, -0.2) is 9.59 Å². The number of amides is 1. The van der Waals surface area contributed by atoms with Crippen LogP contribution in [0.2, 0.25) is 0 Å². The quantitative estimate of drug-likeness (QED) is 0.803.